The van der Waals surface area contributed by atoms with Gasteiger partial charge in [-0.15, -0.1) is 0 Å². The summed E-state index contributed by atoms with van der Waals surface area (Å²) in [6.45, 7) is 8.57. The Kier molecular flexibility index (Phi) is 29.4. The van der Waals surface area contributed by atoms with Gasteiger partial charge in [0.2, 0.25) is 47.4 Å². The first-order valence-electron chi connectivity index (χ1n) is 43.4. The molecule has 7 aromatic carbocycles. The Morgan fingerprint density at radius 2 is 1.30 bits per heavy atom. The number of amides is 5. The van der Waals surface area contributed by atoms with Crippen LogP contribution in [-0.4, -0.2) is 240 Å². The van der Waals surface area contributed by atoms with E-state index < -0.39 is 246 Å². The number of nitrogens with two attached hydrogens (primary N) is 2. The summed E-state index contributed by atoms with van der Waals surface area (Å²) in [4.78, 5) is 124. The van der Waals surface area contributed by atoms with E-state index in [0.717, 1.165) is 41.0 Å². The Bertz CT molecular complexity index is 5530. The summed E-state index contributed by atoms with van der Waals surface area (Å²) in [5.41, 5.74) is 10.6. The average molecular weight is 1890 g/mol. The predicted octanol–water partition coefficient (Wildman–Crippen LogP) is 5.89. The van der Waals surface area contributed by atoms with E-state index >= 15 is 28.8 Å². The number of hydrogen-bond acceptors (Lipinski definition) is 29. The fraction of sp³-hybridized carbons (Fsp3) is 0.468. The second-order valence-corrected chi connectivity index (χ2v) is 37.9. The molecule has 23 atom stereocenters. The number of likely N-dealkylation sites (N-methyl/N-ethyl adjacent to an activating group) is 1. The lowest BCUT2D eigenvalue weighted by Crippen LogP contribution is -2.65. The van der Waals surface area contributed by atoms with E-state index in [-0.39, 0.29) is 116 Å². The smallest absolute Gasteiger partial charge is 0.333 e. The van der Waals surface area contributed by atoms with Gasteiger partial charge in [-0.1, -0.05) is 102 Å². The van der Waals surface area contributed by atoms with Gasteiger partial charge in [0.05, 0.1) is 80.2 Å². The molecule has 11 bridgehead atoms. The molecule has 0 aromatic heterocycles. The fourth-order valence-corrected chi connectivity index (χ4v) is 18.6. The van der Waals surface area contributed by atoms with Crippen LogP contribution in [-0.2, 0) is 79.1 Å². The van der Waals surface area contributed by atoms with Gasteiger partial charge in [0.1, 0.15) is 79.0 Å². The molecule has 19 N–H and O–H groups in total. The molecule has 8 aliphatic heterocycles. The summed E-state index contributed by atoms with van der Waals surface area (Å²) in [5.74, 6) is -20.1. The van der Waals surface area contributed by atoms with Crippen molar-refractivity contribution >= 4 is 81.9 Å². The lowest BCUT2D eigenvalue weighted by atomic mass is 9.84. The zero-order chi connectivity index (χ0) is 95.4. The van der Waals surface area contributed by atoms with Crippen LogP contribution in [0, 0.1) is 11.8 Å². The molecule has 0 spiro atoms. The number of nitrogens with zero attached hydrogens (tertiary/aromatic N) is 1. The first-order chi connectivity index (χ1) is 62.3. The minimum atomic E-state index is -3.02. The lowest BCUT2D eigenvalue weighted by molar-refractivity contribution is -0.870. The Morgan fingerprint density at radius 3 is 1.92 bits per heavy atom. The van der Waals surface area contributed by atoms with Crippen molar-refractivity contribution in [2.75, 3.05) is 40.9 Å². The number of ether oxygens (including phenoxy) is 9. The number of nitrogens with one attached hydrogen (secondary N) is 5. The zero-order valence-electron chi connectivity index (χ0n) is 73.7. The van der Waals surface area contributed by atoms with E-state index in [4.69, 9.17) is 88.9 Å². The van der Waals surface area contributed by atoms with Crippen LogP contribution in [0.5, 0.6) is 34.5 Å². The average Bonchev–Trinajstić information content (AvgIpc) is 1.55. The molecule has 0 saturated carbocycles. The maximum atomic E-state index is 16.9. The molecule has 0 radical (unpaired) electrons. The van der Waals surface area contributed by atoms with Gasteiger partial charge in [0.15, 0.2) is 47.8 Å². The summed E-state index contributed by atoms with van der Waals surface area (Å²) in [6, 6.07) is 22.2. The predicted molar refractivity (Wildman–Crippen MR) is 474 cm³/mol. The molecule has 9 aliphatic rings. The molecule has 5 amide bonds. The van der Waals surface area contributed by atoms with E-state index in [1.165, 1.54) is 75.4 Å². The number of aliphatic hydroxyl groups excluding tert-OH is 7. The Balaban J connectivity index is 0.973. The van der Waals surface area contributed by atoms with Gasteiger partial charge in [0.25, 0.3) is 0 Å². The van der Waals surface area contributed by atoms with E-state index in [1.54, 1.807) is 32.9 Å². The van der Waals surface area contributed by atoms with Crippen molar-refractivity contribution in [1.29, 1.82) is 0 Å². The molecule has 7 aromatic rings. The number of hydrogen-bond donors (Lipinski definition) is 17. The van der Waals surface area contributed by atoms with Gasteiger partial charge in [-0.25, -0.2) is 4.79 Å². The van der Waals surface area contributed by atoms with E-state index in [1.807, 2.05) is 57.5 Å². The molecule has 132 heavy (non-hydrogen) atoms. The minimum absolute atomic E-state index is 0.0919. The van der Waals surface area contributed by atoms with Crippen molar-refractivity contribution in [3.05, 3.63) is 187 Å². The Hall–Kier alpha value is -9.91. The molecule has 708 valence electrons. The SMILES string of the molecule is CCC(CC(C)O)C(=O)NC1C(=O)CC(CC(N)=O)C(=O)NC2C(=O)CC3C(=O)NC(C(=O)NC(C(=O)OCC[N+](C)(C)C)c4cc(O)cc5c4-c4cc3ccc4C5(O)O)C(OC3CC(C)(N)C(O)C(C)O3)c3ccc(c(Cl)c3)Oc3cc2cc(c3OC2OC(CO)C(O)C(O)C2OC2CC(C)(NCc3ccc(-c4ccc(Cl)cc4)cc3)C(O)C(C)O2)Oc2ccc(cc2Cl)C1O. The number of primary amides is 1. The summed E-state index contributed by atoms with van der Waals surface area (Å²) in [5, 5.41) is 133. The van der Waals surface area contributed by atoms with Crippen LogP contribution >= 0.6 is 34.8 Å². The highest BCUT2D eigenvalue weighted by Gasteiger charge is 2.54. The quantitative estimate of drug-likeness (QED) is 0.0214. The van der Waals surface area contributed by atoms with Crippen molar-refractivity contribution in [3.8, 4) is 56.8 Å². The molecule has 3 fully saturated rings. The third-order valence-electron chi connectivity index (χ3n) is 25.4. The number of carbonyl (C=O) groups is 8. The van der Waals surface area contributed by atoms with Crippen LogP contribution < -0.4 is 52.3 Å². The summed E-state index contributed by atoms with van der Waals surface area (Å²) < 4.78 is 59.8. The first kappa shape index (κ1) is 98.1. The summed E-state index contributed by atoms with van der Waals surface area (Å²) in [7, 11) is 5.47. The number of carbonyl (C=O) groups excluding carboxylic acids is 8. The molecule has 8 heterocycles. The van der Waals surface area contributed by atoms with Crippen LogP contribution in [0.4, 0.5) is 0 Å². The summed E-state index contributed by atoms with van der Waals surface area (Å²) in [6.07, 6.45) is -25.9. The Morgan fingerprint density at radius 1 is 0.682 bits per heavy atom. The maximum absolute atomic E-state index is 16.9. The van der Waals surface area contributed by atoms with Crippen LogP contribution in [0.2, 0.25) is 15.1 Å². The lowest BCUT2D eigenvalue weighted by Gasteiger charge is -2.48. The first-order valence-corrected chi connectivity index (χ1v) is 44.6. The number of ketones is 2. The zero-order valence-corrected chi connectivity index (χ0v) is 75.9. The second kappa shape index (κ2) is 39.6. The van der Waals surface area contributed by atoms with Crippen LogP contribution in [0.1, 0.15) is 161 Å². The standard InChI is InChI=1S/C94H109Cl3N8O27/c1-10-46(27-42(2)107)86(117)103-76-63(109)31-53(34-70(98)111)87(118)101-74-52-32-67(127-65-23-18-50(78(76)112)29-61(65)96)82(132-91-83(80(114)79(113)69(41-106)129-91)131-72-39-93(6,85(116)44(4)126-72)100-40-45-11-13-47(14-12-45)48-15-20-54(95)21-16-48)68(33-52)128-66-24-19-51(30-62(66)97)81(130-71-38-92(5,99)84(115)43(3)125-71)77-89(120)102-75(90(121)124-26-25-105(7,8)9)58-35-55(108)36-60-73(58)57-28-49(17-22-59(57)94(60,122)123)56(37-64(74)110)88(119)104-77/h11-24,28-30,32-33,35-36,42-44,46,53,56,69,71-72,74-81,83-85,91,100,106-107,112-116,122-123H,10,25-27,31,34,37-41,99H2,1-9H3,(H6-,98,101,102,103,104,108,111,117,118,119,120)/p+1. The molecule has 23 unspecified atom stereocenters. The second-order valence-electron chi connectivity index (χ2n) is 36.6. The van der Waals surface area contributed by atoms with E-state index in [9.17, 15) is 60.7 Å². The number of quaternary nitrogens is 1. The number of phenolic OH excluding ortho intramolecular Hbond substituents is 1. The van der Waals surface area contributed by atoms with Crippen LogP contribution in [0.25, 0.3) is 22.3 Å². The molecule has 3 saturated heterocycles. The van der Waals surface area contributed by atoms with Gasteiger partial charge < -0.3 is 136 Å². The Labute approximate surface area is 774 Å². The number of Topliss-reactive ketones (excluding diaryl/α,β-unsaturated/α-hetero) is 2. The topological polar surface area (TPSA) is 534 Å². The number of benzene rings is 7. The fourth-order valence-electron chi connectivity index (χ4n) is 18.0. The normalized spacial score (nSPS) is 29.9. The van der Waals surface area contributed by atoms with E-state index in [2.05, 4.69) is 26.6 Å². The highest BCUT2D eigenvalue weighted by atomic mass is 35.5. The highest BCUT2D eigenvalue weighted by Crippen LogP contribution is 2.54. The van der Waals surface area contributed by atoms with Gasteiger partial charge in [-0.05, 0) is 170 Å². The van der Waals surface area contributed by atoms with Crippen LogP contribution in [0.15, 0.2) is 127 Å². The van der Waals surface area contributed by atoms with Crippen molar-refractivity contribution in [2.45, 2.75) is 226 Å². The number of fused-ring (bicyclic) bond motifs is 12. The third-order valence-corrected chi connectivity index (χ3v) is 26.3. The van der Waals surface area contributed by atoms with Crippen molar-refractivity contribution < 1.29 is 137 Å². The summed E-state index contributed by atoms with van der Waals surface area (Å²) >= 11 is 21.0. The van der Waals surface area contributed by atoms with Crippen molar-refractivity contribution in [3.63, 3.8) is 0 Å². The van der Waals surface area contributed by atoms with Gasteiger partial charge in [-0.3, -0.25) is 33.6 Å². The molecular formula is C94H110Cl3N8O27+. The number of aliphatic hydroxyl groups is 9. The molecule has 38 heteroatoms. The molecule has 16 rings (SSSR count). The number of halogens is 3. The molecule has 35 nitrogen and oxygen atoms in total. The monoisotopic (exact) mass is 1890 g/mol. The van der Waals surface area contributed by atoms with Gasteiger partial charge in [-0.2, -0.15) is 0 Å². The minimum Gasteiger partial charge on any atom is -0.508 e. The van der Waals surface area contributed by atoms with Gasteiger partial charge in [0, 0.05) is 71.8 Å². The maximum Gasteiger partial charge on any atom is 0.333 e. The van der Waals surface area contributed by atoms with Gasteiger partial charge >= 0.3 is 5.97 Å². The van der Waals surface area contributed by atoms with Crippen LogP contribution in [0.3, 0.4) is 0 Å². The number of aromatic hydroxyl groups is 1. The van der Waals surface area contributed by atoms with Crippen molar-refractivity contribution in [2.24, 2.45) is 23.3 Å². The van der Waals surface area contributed by atoms with E-state index in [0.29, 0.717) is 5.02 Å². The number of rotatable bonds is 22. The molecular weight excluding hydrogens is 1780 g/mol. The largest absolute Gasteiger partial charge is 0.508 e. The number of esters is 1. The third kappa shape index (κ3) is 21.1. The molecule has 1 aliphatic carbocycles. The van der Waals surface area contributed by atoms with Crippen molar-refractivity contribution in [1.82, 2.24) is 26.6 Å². The highest BCUT2D eigenvalue weighted by molar-refractivity contribution is 6.32. The number of phenols is 1.